The number of likely N-dealkylation sites (tertiary alicyclic amines) is 1. The van der Waals surface area contributed by atoms with Crippen LogP contribution in [0.1, 0.15) is 18.4 Å². The molecule has 1 aliphatic rings. The van der Waals surface area contributed by atoms with Crippen LogP contribution in [0, 0.1) is 17.1 Å². The number of rotatable bonds is 2. The number of hydrogen-bond acceptors (Lipinski definition) is 3. The van der Waals surface area contributed by atoms with Crippen LogP contribution < -0.4 is 4.74 Å². The fourth-order valence-electron chi connectivity index (χ4n) is 2.11. The molecule has 0 radical (unpaired) electrons. The molecule has 1 unspecified atom stereocenters. The summed E-state index contributed by atoms with van der Waals surface area (Å²) < 4.78 is 19.1. The average molecular weight is 234 g/mol. The molecule has 0 aromatic heterocycles. The van der Waals surface area contributed by atoms with Gasteiger partial charge in [0.25, 0.3) is 0 Å². The van der Waals surface area contributed by atoms with E-state index in [1.807, 2.05) is 13.1 Å². The third-order valence-electron chi connectivity index (χ3n) is 2.96. The van der Waals surface area contributed by atoms with Crippen molar-refractivity contribution in [3.05, 3.63) is 29.6 Å². The van der Waals surface area contributed by atoms with Crippen LogP contribution in [0.4, 0.5) is 4.39 Å². The topological polar surface area (TPSA) is 36.3 Å². The van der Waals surface area contributed by atoms with Crippen molar-refractivity contribution in [2.24, 2.45) is 0 Å². The van der Waals surface area contributed by atoms with E-state index >= 15 is 0 Å². The van der Waals surface area contributed by atoms with E-state index < -0.39 is 5.82 Å². The first-order chi connectivity index (χ1) is 8.20. The lowest BCUT2D eigenvalue weighted by molar-refractivity contribution is 0.104. The highest BCUT2D eigenvalue weighted by atomic mass is 19.1. The van der Waals surface area contributed by atoms with Crippen LogP contribution in [-0.4, -0.2) is 31.1 Å². The number of halogens is 1. The van der Waals surface area contributed by atoms with Crippen molar-refractivity contribution in [1.82, 2.24) is 4.90 Å². The zero-order valence-corrected chi connectivity index (χ0v) is 9.82. The zero-order chi connectivity index (χ0) is 12.3. The van der Waals surface area contributed by atoms with Gasteiger partial charge in [-0.05, 0) is 38.6 Å². The first kappa shape index (κ1) is 11.9. The Morgan fingerprint density at radius 1 is 1.53 bits per heavy atom. The number of likely N-dealkylation sites (N-methyl/N-ethyl adjacent to an activating group) is 1. The van der Waals surface area contributed by atoms with Gasteiger partial charge in [0.15, 0.2) is 0 Å². The summed E-state index contributed by atoms with van der Waals surface area (Å²) in [6, 6.07) is 6.34. The summed E-state index contributed by atoms with van der Waals surface area (Å²) in [4.78, 5) is 2.18. The molecule has 3 nitrogen and oxygen atoms in total. The number of benzene rings is 1. The van der Waals surface area contributed by atoms with Crippen LogP contribution in [0.5, 0.6) is 5.75 Å². The van der Waals surface area contributed by atoms with E-state index in [9.17, 15) is 4.39 Å². The minimum absolute atomic E-state index is 0.000673. The maximum atomic E-state index is 13.4. The van der Waals surface area contributed by atoms with E-state index in [0.29, 0.717) is 5.75 Å². The van der Waals surface area contributed by atoms with Gasteiger partial charge in [0, 0.05) is 6.54 Å². The lowest BCUT2D eigenvalue weighted by Gasteiger charge is -2.30. The molecule has 1 atom stereocenters. The summed E-state index contributed by atoms with van der Waals surface area (Å²) in [5.41, 5.74) is 0.000673. The molecule has 1 aliphatic heterocycles. The zero-order valence-electron chi connectivity index (χ0n) is 9.82. The summed E-state index contributed by atoms with van der Waals surface area (Å²) in [6.07, 6.45) is 2.06. The van der Waals surface area contributed by atoms with Gasteiger partial charge in [0.2, 0.25) is 0 Å². The van der Waals surface area contributed by atoms with Gasteiger partial charge in [-0.25, -0.2) is 4.39 Å². The second-order valence-corrected chi connectivity index (χ2v) is 4.37. The maximum Gasteiger partial charge on any atom is 0.144 e. The summed E-state index contributed by atoms with van der Waals surface area (Å²) >= 11 is 0. The summed E-state index contributed by atoms with van der Waals surface area (Å²) in [6.45, 7) is 1.88. The van der Waals surface area contributed by atoms with Crippen molar-refractivity contribution in [1.29, 1.82) is 5.26 Å². The van der Waals surface area contributed by atoms with Crippen molar-refractivity contribution in [2.45, 2.75) is 18.9 Å². The third kappa shape index (κ3) is 2.75. The Bertz CT molecular complexity index is 442. The highest BCUT2D eigenvalue weighted by Crippen LogP contribution is 2.23. The number of nitriles is 1. The molecule has 90 valence electrons. The van der Waals surface area contributed by atoms with Crippen molar-refractivity contribution in [2.75, 3.05) is 20.1 Å². The molecule has 1 aromatic rings. The predicted octanol–water partition coefficient (Wildman–Crippen LogP) is 2.17. The molecule has 1 heterocycles. The average Bonchev–Trinajstić information content (AvgIpc) is 2.29. The molecule has 0 amide bonds. The van der Waals surface area contributed by atoms with E-state index in [1.165, 1.54) is 6.07 Å². The molecular weight excluding hydrogens is 219 g/mol. The molecule has 1 aromatic carbocycles. The number of nitrogens with zero attached hydrogens (tertiary/aromatic N) is 2. The molecule has 4 heteroatoms. The Balaban J connectivity index is 2.13. The molecular formula is C13H15FN2O. The largest absolute Gasteiger partial charge is 0.488 e. The first-order valence-electron chi connectivity index (χ1n) is 5.74. The molecule has 0 bridgehead atoms. The van der Waals surface area contributed by atoms with Crippen LogP contribution in [0.15, 0.2) is 18.2 Å². The molecule has 0 aliphatic carbocycles. The van der Waals surface area contributed by atoms with Crippen LogP contribution in [0.2, 0.25) is 0 Å². The highest BCUT2D eigenvalue weighted by molar-refractivity contribution is 5.43. The van der Waals surface area contributed by atoms with Gasteiger partial charge in [-0.15, -0.1) is 0 Å². The quantitative estimate of drug-likeness (QED) is 0.786. The summed E-state index contributed by atoms with van der Waals surface area (Å²) in [5.74, 6) is -0.165. The van der Waals surface area contributed by atoms with Crippen LogP contribution in [0.25, 0.3) is 0 Å². The van der Waals surface area contributed by atoms with Gasteiger partial charge in [0.05, 0.1) is 0 Å². The van der Waals surface area contributed by atoms with Crippen LogP contribution >= 0.6 is 0 Å². The van der Waals surface area contributed by atoms with E-state index in [2.05, 4.69) is 4.90 Å². The van der Waals surface area contributed by atoms with Crippen molar-refractivity contribution in [3.63, 3.8) is 0 Å². The lowest BCUT2D eigenvalue weighted by atomic mass is 10.1. The molecule has 2 rings (SSSR count). The fraction of sp³-hybridized carbons (Fsp3) is 0.462. The smallest absolute Gasteiger partial charge is 0.144 e. The normalized spacial score (nSPS) is 20.9. The van der Waals surface area contributed by atoms with Crippen molar-refractivity contribution < 1.29 is 9.13 Å². The lowest BCUT2D eigenvalue weighted by Crippen LogP contribution is -2.38. The first-order valence-corrected chi connectivity index (χ1v) is 5.74. The number of piperidine rings is 1. The highest BCUT2D eigenvalue weighted by Gasteiger charge is 2.20. The Hall–Kier alpha value is -1.60. The molecule has 0 saturated carbocycles. The number of ether oxygens (including phenoxy) is 1. The second-order valence-electron chi connectivity index (χ2n) is 4.37. The van der Waals surface area contributed by atoms with Gasteiger partial charge in [-0.2, -0.15) is 5.26 Å². The van der Waals surface area contributed by atoms with Gasteiger partial charge < -0.3 is 9.64 Å². The summed E-state index contributed by atoms with van der Waals surface area (Å²) in [7, 11) is 2.03. The van der Waals surface area contributed by atoms with E-state index in [0.717, 1.165) is 25.9 Å². The van der Waals surface area contributed by atoms with Gasteiger partial charge in [-0.1, -0.05) is 6.07 Å². The van der Waals surface area contributed by atoms with E-state index in [-0.39, 0.29) is 11.7 Å². The molecule has 0 spiro atoms. The monoisotopic (exact) mass is 234 g/mol. The maximum absolute atomic E-state index is 13.4. The standard InChI is InChI=1S/C13H15FN2O/c1-16-7-3-4-10(9-16)17-13-6-2-5-12(14)11(13)8-15/h2,5-6,10H,3-4,7,9H2,1H3. The Kier molecular flexibility index (Phi) is 3.60. The summed E-state index contributed by atoms with van der Waals surface area (Å²) in [5, 5.41) is 8.90. The molecule has 0 N–H and O–H groups in total. The minimum atomic E-state index is -0.519. The Morgan fingerprint density at radius 3 is 3.06 bits per heavy atom. The minimum Gasteiger partial charge on any atom is -0.488 e. The fourth-order valence-corrected chi connectivity index (χ4v) is 2.11. The van der Waals surface area contributed by atoms with Crippen LogP contribution in [-0.2, 0) is 0 Å². The third-order valence-corrected chi connectivity index (χ3v) is 2.96. The Labute approximate surface area is 100 Å². The van der Waals surface area contributed by atoms with E-state index in [4.69, 9.17) is 10.00 Å². The van der Waals surface area contributed by atoms with Crippen LogP contribution in [0.3, 0.4) is 0 Å². The molecule has 17 heavy (non-hydrogen) atoms. The predicted molar refractivity (Wildman–Crippen MR) is 62.3 cm³/mol. The molecule has 1 saturated heterocycles. The Morgan fingerprint density at radius 2 is 2.35 bits per heavy atom. The van der Waals surface area contributed by atoms with Gasteiger partial charge in [0.1, 0.15) is 29.3 Å². The van der Waals surface area contributed by atoms with Crippen molar-refractivity contribution >= 4 is 0 Å². The SMILES string of the molecule is CN1CCCC(Oc2cccc(F)c2C#N)C1. The second kappa shape index (κ2) is 5.15. The van der Waals surface area contributed by atoms with Gasteiger partial charge in [-0.3, -0.25) is 0 Å². The number of hydrogen-bond donors (Lipinski definition) is 0. The molecule has 1 fully saturated rings. The van der Waals surface area contributed by atoms with Crippen molar-refractivity contribution in [3.8, 4) is 11.8 Å². The van der Waals surface area contributed by atoms with E-state index in [1.54, 1.807) is 12.1 Å². The van der Waals surface area contributed by atoms with Gasteiger partial charge >= 0.3 is 0 Å².